The van der Waals surface area contributed by atoms with Crippen LogP contribution in [0.3, 0.4) is 0 Å². The fraction of sp³-hybridized carbons (Fsp3) is 0.214. The monoisotopic (exact) mass is 408 g/mol. The largest absolute Gasteiger partial charge is 0.418 e. The molecule has 0 bridgehead atoms. The zero-order chi connectivity index (χ0) is 18.4. The summed E-state index contributed by atoms with van der Waals surface area (Å²) in [5, 5.41) is 13.4. The number of carbonyl (C=O) groups is 1. The van der Waals surface area contributed by atoms with Gasteiger partial charge in [-0.2, -0.15) is 13.2 Å². The molecule has 0 aliphatic rings. The van der Waals surface area contributed by atoms with Gasteiger partial charge in [-0.05, 0) is 18.2 Å². The average Bonchev–Trinajstić information content (AvgIpc) is 2.99. The smallest absolute Gasteiger partial charge is 0.357 e. The predicted molar refractivity (Wildman–Crippen MR) is 94.4 cm³/mol. The van der Waals surface area contributed by atoms with Gasteiger partial charge in [-0.1, -0.05) is 40.8 Å². The number of halogens is 4. The summed E-state index contributed by atoms with van der Waals surface area (Å²) in [4.78, 5) is 11.9. The van der Waals surface area contributed by atoms with Crippen LogP contribution in [0.15, 0.2) is 35.2 Å². The normalized spacial score (nSPS) is 11.2. The van der Waals surface area contributed by atoms with E-state index in [2.05, 4.69) is 27.4 Å². The molecule has 1 amide bonds. The Bertz CT molecular complexity index is 767. The minimum atomic E-state index is -4.62. The van der Waals surface area contributed by atoms with Gasteiger partial charge in [0, 0.05) is 11.6 Å². The molecule has 0 atom stereocenters. The number of benzene rings is 1. The quantitative estimate of drug-likeness (QED) is 0.520. The van der Waals surface area contributed by atoms with Crippen molar-refractivity contribution in [3.63, 3.8) is 0 Å². The van der Waals surface area contributed by atoms with E-state index < -0.39 is 17.6 Å². The van der Waals surface area contributed by atoms with Gasteiger partial charge in [0.15, 0.2) is 4.34 Å². The topological polar surface area (TPSA) is 66.9 Å². The zero-order valence-corrected chi connectivity index (χ0v) is 15.0. The van der Waals surface area contributed by atoms with Crippen molar-refractivity contribution >= 4 is 51.4 Å². The molecule has 0 fully saturated rings. The molecule has 2 N–H and O–H groups in total. The lowest BCUT2D eigenvalue weighted by molar-refractivity contribution is -0.137. The summed E-state index contributed by atoms with van der Waals surface area (Å²) < 4.78 is 39.5. The number of nitrogens with zero attached hydrogens (tertiary/aromatic N) is 2. The lowest BCUT2D eigenvalue weighted by Gasteiger charge is -2.13. The number of carbonyl (C=O) groups excluding carboxylic acids is 1. The Morgan fingerprint density at radius 2 is 2.16 bits per heavy atom. The Balaban J connectivity index is 1.97. The second-order valence-electron chi connectivity index (χ2n) is 4.57. The molecule has 25 heavy (non-hydrogen) atoms. The summed E-state index contributed by atoms with van der Waals surface area (Å²) in [7, 11) is 0. The molecule has 0 radical (unpaired) electrons. The summed E-state index contributed by atoms with van der Waals surface area (Å²) in [5.41, 5.74) is -1.33. The number of thioether (sulfide) groups is 1. The number of hydrogen-bond donors (Lipinski definition) is 2. The van der Waals surface area contributed by atoms with Crippen molar-refractivity contribution in [3.05, 3.63) is 41.4 Å². The molecule has 2 rings (SSSR count). The van der Waals surface area contributed by atoms with E-state index in [1.54, 1.807) is 6.08 Å². The van der Waals surface area contributed by atoms with Gasteiger partial charge >= 0.3 is 6.18 Å². The van der Waals surface area contributed by atoms with Crippen LogP contribution in [0.1, 0.15) is 5.56 Å². The fourth-order valence-electron chi connectivity index (χ4n) is 1.67. The minimum absolute atomic E-state index is 0.0619. The molecule has 0 saturated heterocycles. The van der Waals surface area contributed by atoms with E-state index in [4.69, 9.17) is 11.6 Å². The fourth-order valence-corrected chi connectivity index (χ4v) is 3.40. The van der Waals surface area contributed by atoms with Crippen LogP contribution >= 0.6 is 34.7 Å². The van der Waals surface area contributed by atoms with Crippen LogP contribution < -0.4 is 10.6 Å². The highest BCUT2D eigenvalue weighted by Gasteiger charge is 2.34. The number of alkyl halides is 3. The zero-order valence-electron chi connectivity index (χ0n) is 12.6. The van der Waals surface area contributed by atoms with E-state index in [9.17, 15) is 18.0 Å². The standard InChI is InChI=1S/C14H12ClF3N4OS2/c1-2-5-19-12-21-22-13(25-12)24-7-11(23)20-10-4-3-8(15)6-9(10)14(16,17)18/h2-4,6H,1,5,7H2,(H,19,21)(H,20,23). The van der Waals surface area contributed by atoms with Gasteiger partial charge in [0.25, 0.3) is 0 Å². The molecule has 11 heteroatoms. The van der Waals surface area contributed by atoms with Crippen molar-refractivity contribution in [1.82, 2.24) is 10.2 Å². The van der Waals surface area contributed by atoms with Crippen molar-refractivity contribution in [2.75, 3.05) is 22.9 Å². The number of anilines is 2. The van der Waals surface area contributed by atoms with Gasteiger partial charge in [-0.15, -0.1) is 16.8 Å². The molecule has 0 saturated carbocycles. The molecule has 1 aromatic carbocycles. The number of hydrogen-bond acceptors (Lipinski definition) is 6. The van der Waals surface area contributed by atoms with Gasteiger partial charge in [0.05, 0.1) is 17.0 Å². The molecule has 0 unspecified atom stereocenters. The molecule has 134 valence electrons. The van der Waals surface area contributed by atoms with Crippen LogP contribution in [-0.2, 0) is 11.0 Å². The van der Waals surface area contributed by atoms with Crippen molar-refractivity contribution < 1.29 is 18.0 Å². The first-order valence-electron chi connectivity index (χ1n) is 6.77. The molecular formula is C14H12ClF3N4OS2. The molecule has 1 heterocycles. The molecule has 0 spiro atoms. The lowest BCUT2D eigenvalue weighted by Crippen LogP contribution is -2.18. The van der Waals surface area contributed by atoms with Crippen LogP contribution in [0, 0.1) is 0 Å². The number of amides is 1. The van der Waals surface area contributed by atoms with Gasteiger partial charge < -0.3 is 10.6 Å². The number of nitrogens with one attached hydrogen (secondary N) is 2. The van der Waals surface area contributed by atoms with E-state index in [0.29, 0.717) is 16.0 Å². The molecular weight excluding hydrogens is 397 g/mol. The third kappa shape index (κ3) is 5.91. The van der Waals surface area contributed by atoms with Crippen LogP contribution in [0.4, 0.5) is 24.0 Å². The summed E-state index contributed by atoms with van der Waals surface area (Å²) in [6, 6.07) is 3.17. The van der Waals surface area contributed by atoms with Crippen LogP contribution in [0.5, 0.6) is 0 Å². The first kappa shape index (κ1) is 19.5. The molecule has 5 nitrogen and oxygen atoms in total. The third-order valence-electron chi connectivity index (χ3n) is 2.69. The Labute approximate surface area is 154 Å². The number of rotatable bonds is 7. The Morgan fingerprint density at radius 3 is 2.84 bits per heavy atom. The second kappa shape index (κ2) is 8.54. The molecule has 2 aromatic rings. The maximum absolute atomic E-state index is 13.0. The number of aromatic nitrogens is 2. The van der Waals surface area contributed by atoms with Gasteiger partial charge in [0.2, 0.25) is 11.0 Å². The highest BCUT2D eigenvalue weighted by atomic mass is 35.5. The van der Waals surface area contributed by atoms with E-state index in [-0.39, 0.29) is 16.5 Å². The lowest BCUT2D eigenvalue weighted by atomic mass is 10.1. The summed E-state index contributed by atoms with van der Waals surface area (Å²) in [6.07, 6.45) is -2.96. The average molecular weight is 409 g/mol. The minimum Gasteiger partial charge on any atom is -0.357 e. The Morgan fingerprint density at radius 1 is 1.40 bits per heavy atom. The Kier molecular flexibility index (Phi) is 6.68. The predicted octanol–water partition coefficient (Wildman–Crippen LogP) is 4.54. The summed E-state index contributed by atoms with van der Waals surface area (Å²) in [5.74, 6) is -0.690. The molecule has 1 aromatic heterocycles. The van der Waals surface area contributed by atoms with Gasteiger partial charge in [-0.25, -0.2) is 0 Å². The second-order valence-corrected chi connectivity index (χ2v) is 7.20. The first-order valence-corrected chi connectivity index (χ1v) is 8.95. The highest BCUT2D eigenvalue weighted by Crippen LogP contribution is 2.36. The van der Waals surface area contributed by atoms with Crippen molar-refractivity contribution in [1.29, 1.82) is 0 Å². The van der Waals surface area contributed by atoms with E-state index >= 15 is 0 Å². The SMILES string of the molecule is C=CCNc1nnc(SCC(=O)Nc2ccc(Cl)cc2C(F)(F)F)s1. The van der Waals surface area contributed by atoms with Crippen molar-refractivity contribution in [2.24, 2.45) is 0 Å². The molecule has 0 aliphatic heterocycles. The third-order valence-corrected chi connectivity index (χ3v) is 4.94. The van der Waals surface area contributed by atoms with Crippen LogP contribution in [0.2, 0.25) is 5.02 Å². The summed E-state index contributed by atoms with van der Waals surface area (Å²) >= 11 is 7.91. The van der Waals surface area contributed by atoms with E-state index in [1.165, 1.54) is 17.4 Å². The highest BCUT2D eigenvalue weighted by molar-refractivity contribution is 8.01. The molecule has 0 aliphatic carbocycles. The maximum Gasteiger partial charge on any atom is 0.418 e. The van der Waals surface area contributed by atoms with Crippen LogP contribution in [-0.4, -0.2) is 28.4 Å². The van der Waals surface area contributed by atoms with Gasteiger partial charge in [-0.3, -0.25) is 4.79 Å². The van der Waals surface area contributed by atoms with Crippen LogP contribution in [0.25, 0.3) is 0 Å². The maximum atomic E-state index is 13.0. The van der Waals surface area contributed by atoms with Gasteiger partial charge in [0.1, 0.15) is 0 Å². The van der Waals surface area contributed by atoms with Crippen molar-refractivity contribution in [3.8, 4) is 0 Å². The summed E-state index contributed by atoms with van der Waals surface area (Å²) in [6.45, 7) is 4.08. The van der Waals surface area contributed by atoms with Crippen molar-refractivity contribution in [2.45, 2.75) is 10.5 Å². The van der Waals surface area contributed by atoms with E-state index in [1.807, 2.05) is 0 Å². The first-order chi connectivity index (χ1) is 11.8. The Hall–Kier alpha value is -1.78. The van der Waals surface area contributed by atoms with E-state index in [0.717, 1.165) is 23.9 Å².